The van der Waals surface area contributed by atoms with Gasteiger partial charge in [-0.25, -0.2) is 0 Å². The highest BCUT2D eigenvalue weighted by Gasteiger charge is 2.44. The van der Waals surface area contributed by atoms with Crippen LogP contribution in [0, 0.1) is 5.92 Å². The standard InChI is InChI=1S/C22H34BOS/c1-18(19(2)17-25-22-13-5-4-6-14-22)15-16-23(24-3)20-9-7-10-21(23)12-8-11-20/h4-6,13-14,17-18,20-21H,7-12,15-16H2,1-3H3/q-1/t18-,20?,21?,23?/m0/s1. The molecule has 1 aromatic rings. The average molecular weight is 357 g/mol. The normalized spacial score (nSPS) is 30.9. The van der Waals surface area contributed by atoms with Crippen LogP contribution in [0.1, 0.15) is 58.8 Å². The maximum Gasteiger partial charge on any atom is 0.120 e. The zero-order valence-corrected chi connectivity index (χ0v) is 17.1. The van der Waals surface area contributed by atoms with Gasteiger partial charge < -0.3 is 4.65 Å². The molecule has 3 rings (SSSR count). The average Bonchev–Trinajstić information content (AvgIpc) is 2.64. The van der Waals surface area contributed by atoms with E-state index in [2.05, 4.69) is 49.6 Å². The molecular formula is C22H34BOS-. The van der Waals surface area contributed by atoms with Crippen molar-refractivity contribution in [1.82, 2.24) is 0 Å². The van der Waals surface area contributed by atoms with Gasteiger partial charge in [0, 0.05) is 4.90 Å². The van der Waals surface area contributed by atoms with Crippen LogP contribution in [0.25, 0.3) is 0 Å². The molecular weight excluding hydrogens is 323 g/mol. The largest absolute Gasteiger partial charge is 0.592 e. The van der Waals surface area contributed by atoms with Crippen LogP contribution in [0.15, 0.2) is 46.2 Å². The van der Waals surface area contributed by atoms with Gasteiger partial charge in [-0.3, -0.25) is 0 Å². The fourth-order valence-electron chi connectivity index (χ4n) is 5.58. The molecule has 0 N–H and O–H groups in total. The Balaban J connectivity index is 1.59. The highest BCUT2D eigenvalue weighted by atomic mass is 32.2. The molecule has 0 radical (unpaired) electrons. The minimum Gasteiger partial charge on any atom is -0.592 e. The predicted molar refractivity (Wildman–Crippen MR) is 113 cm³/mol. The number of thioether (sulfide) groups is 1. The number of allylic oxidation sites excluding steroid dienone is 1. The first-order valence-corrected chi connectivity index (χ1v) is 11.1. The van der Waals surface area contributed by atoms with Gasteiger partial charge in [0.2, 0.25) is 0 Å². The second kappa shape index (κ2) is 8.82. The van der Waals surface area contributed by atoms with Gasteiger partial charge in [-0.2, -0.15) is 6.32 Å². The third kappa shape index (κ3) is 4.36. The molecule has 0 aromatic heterocycles. The molecule has 0 spiro atoms. The van der Waals surface area contributed by atoms with Gasteiger partial charge in [0.05, 0.1) is 0 Å². The number of rotatable bonds is 7. The van der Waals surface area contributed by atoms with E-state index in [1.165, 1.54) is 61.7 Å². The molecule has 1 atom stereocenters. The Bertz CT molecular complexity index is 549. The Kier molecular flexibility index (Phi) is 6.74. The van der Waals surface area contributed by atoms with E-state index >= 15 is 0 Å². The molecule has 0 unspecified atom stereocenters. The summed E-state index contributed by atoms with van der Waals surface area (Å²) in [6.07, 6.45) is 10.5. The number of hydrogen-bond donors (Lipinski definition) is 0. The van der Waals surface area contributed by atoms with Gasteiger partial charge in [0.25, 0.3) is 0 Å². The van der Waals surface area contributed by atoms with Crippen molar-refractivity contribution in [2.75, 3.05) is 7.11 Å². The van der Waals surface area contributed by atoms with Gasteiger partial charge in [0.1, 0.15) is 6.35 Å². The lowest BCUT2D eigenvalue weighted by molar-refractivity contribution is 0.292. The summed E-state index contributed by atoms with van der Waals surface area (Å²) in [5.74, 6) is 2.38. The van der Waals surface area contributed by atoms with Crippen LogP contribution in [-0.4, -0.2) is 13.5 Å². The lowest BCUT2D eigenvalue weighted by atomic mass is 9.18. The lowest BCUT2D eigenvalue weighted by Crippen LogP contribution is -2.51. The van der Waals surface area contributed by atoms with Gasteiger partial charge in [0.15, 0.2) is 0 Å². The Morgan fingerprint density at radius 3 is 2.32 bits per heavy atom. The zero-order valence-electron chi connectivity index (χ0n) is 16.2. The first-order chi connectivity index (χ1) is 12.2. The van der Waals surface area contributed by atoms with E-state index in [4.69, 9.17) is 4.65 Å². The molecule has 2 bridgehead atoms. The minimum absolute atomic E-state index is 0.591. The van der Waals surface area contributed by atoms with Gasteiger partial charge in [-0.15, -0.1) is 11.6 Å². The number of benzene rings is 1. The summed E-state index contributed by atoms with van der Waals surface area (Å²) >= 11 is 1.85. The van der Waals surface area contributed by atoms with Crippen LogP contribution in [0.5, 0.6) is 0 Å². The molecule has 1 aromatic carbocycles. The van der Waals surface area contributed by atoms with Crippen LogP contribution < -0.4 is 0 Å². The second-order valence-electron chi connectivity index (χ2n) is 8.49. The number of fused-ring (bicyclic) bond motifs is 2. The summed E-state index contributed by atoms with van der Waals surface area (Å²) in [6.45, 7) is 4.70. The van der Waals surface area contributed by atoms with E-state index in [9.17, 15) is 0 Å². The third-order valence-corrected chi connectivity index (χ3v) is 8.32. The fraction of sp³-hybridized carbons (Fsp3) is 0.636. The first kappa shape index (κ1) is 19.1. The van der Waals surface area contributed by atoms with Crippen LogP contribution in [0.4, 0.5) is 0 Å². The zero-order chi connectivity index (χ0) is 17.7. The Hall–Kier alpha value is -0.665. The van der Waals surface area contributed by atoms with Crippen LogP contribution in [-0.2, 0) is 4.65 Å². The Labute approximate surface area is 158 Å². The fourth-order valence-corrected chi connectivity index (χ4v) is 6.44. The number of hydrogen-bond acceptors (Lipinski definition) is 2. The van der Waals surface area contributed by atoms with E-state index in [-0.39, 0.29) is 0 Å². The molecule has 1 nitrogen and oxygen atoms in total. The molecule has 25 heavy (non-hydrogen) atoms. The van der Waals surface area contributed by atoms with Crippen molar-refractivity contribution in [3.8, 4) is 0 Å². The summed E-state index contributed by atoms with van der Waals surface area (Å²) < 4.78 is 6.34. The second-order valence-corrected chi connectivity index (χ2v) is 9.43. The van der Waals surface area contributed by atoms with Crippen molar-refractivity contribution in [3.05, 3.63) is 41.3 Å². The van der Waals surface area contributed by atoms with Crippen molar-refractivity contribution in [2.24, 2.45) is 5.92 Å². The first-order valence-electron chi connectivity index (χ1n) is 10.3. The Morgan fingerprint density at radius 2 is 1.76 bits per heavy atom. The van der Waals surface area contributed by atoms with Gasteiger partial charge in [-0.05, 0) is 37.5 Å². The van der Waals surface area contributed by atoms with Crippen molar-refractivity contribution >= 4 is 18.1 Å². The molecule has 0 aliphatic carbocycles. The Morgan fingerprint density at radius 1 is 1.16 bits per heavy atom. The van der Waals surface area contributed by atoms with Crippen molar-refractivity contribution in [1.29, 1.82) is 0 Å². The molecule has 2 heterocycles. The summed E-state index contributed by atoms with van der Waals surface area (Å²) in [7, 11) is 2.01. The van der Waals surface area contributed by atoms with E-state index in [1.54, 1.807) is 0 Å². The van der Waals surface area contributed by atoms with E-state index in [1.807, 2.05) is 18.9 Å². The summed E-state index contributed by atoms with van der Waals surface area (Å²) in [5, 5.41) is 2.36. The smallest absolute Gasteiger partial charge is 0.120 e. The van der Waals surface area contributed by atoms with Gasteiger partial charge >= 0.3 is 0 Å². The highest BCUT2D eigenvalue weighted by molar-refractivity contribution is 8.02. The molecule has 2 fully saturated rings. The molecule has 2 aliphatic heterocycles. The molecule has 0 saturated carbocycles. The van der Waals surface area contributed by atoms with E-state index < -0.39 is 6.35 Å². The maximum atomic E-state index is 6.34. The molecule has 3 heteroatoms. The lowest BCUT2D eigenvalue weighted by Gasteiger charge is -2.59. The van der Waals surface area contributed by atoms with Gasteiger partial charge in [-0.1, -0.05) is 87.4 Å². The van der Waals surface area contributed by atoms with Crippen molar-refractivity contribution < 1.29 is 4.65 Å². The van der Waals surface area contributed by atoms with Crippen molar-refractivity contribution in [3.63, 3.8) is 0 Å². The highest BCUT2D eigenvalue weighted by Crippen LogP contribution is 2.55. The van der Waals surface area contributed by atoms with Crippen molar-refractivity contribution in [2.45, 2.75) is 81.6 Å². The van der Waals surface area contributed by atoms with Crippen LogP contribution >= 0.6 is 11.8 Å². The summed E-state index contributed by atoms with van der Waals surface area (Å²) in [4.78, 5) is 1.33. The predicted octanol–water partition coefficient (Wildman–Crippen LogP) is 7.41. The summed E-state index contributed by atoms with van der Waals surface area (Å²) in [6, 6.07) is 10.7. The molecule has 2 aliphatic rings. The van der Waals surface area contributed by atoms with Crippen LogP contribution in [0.2, 0.25) is 18.0 Å². The molecule has 0 amide bonds. The SMILES string of the molecule is CO[B-]1(CC[C@H](C)C(C)=CSc2ccccc2)C2CCCC1CCC2. The quantitative estimate of drug-likeness (QED) is 0.371. The molecule has 138 valence electrons. The minimum atomic E-state index is -0.591. The van der Waals surface area contributed by atoms with E-state index in [0.29, 0.717) is 5.92 Å². The van der Waals surface area contributed by atoms with Crippen LogP contribution in [0.3, 0.4) is 0 Å². The maximum absolute atomic E-state index is 6.34. The van der Waals surface area contributed by atoms with E-state index in [0.717, 1.165) is 11.6 Å². The monoisotopic (exact) mass is 357 g/mol. The third-order valence-electron chi connectivity index (χ3n) is 7.29. The topological polar surface area (TPSA) is 9.23 Å². The summed E-state index contributed by atoms with van der Waals surface area (Å²) in [5.41, 5.74) is 1.51. The molecule has 2 saturated heterocycles.